The molecule has 1 aromatic heterocycles. The zero-order chi connectivity index (χ0) is 20.1. The number of piperazine rings is 1. The van der Waals surface area contributed by atoms with Gasteiger partial charge in [0.05, 0.1) is 24.1 Å². The van der Waals surface area contributed by atoms with Crippen LogP contribution in [0, 0.1) is 0 Å². The van der Waals surface area contributed by atoms with Crippen molar-refractivity contribution in [1.29, 1.82) is 0 Å². The van der Waals surface area contributed by atoms with E-state index < -0.39 is 0 Å². The summed E-state index contributed by atoms with van der Waals surface area (Å²) < 4.78 is 1.31. The molecule has 1 aliphatic rings. The summed E-state index contributed by atoms with van der Waals surface area (Å²) in [5.74, 6) is 0.0490. The number of carbonyl (C=O) groups excluding carboxylic acids is 1. The second-order valence-electron chi connectivity index (χ2n) is 7.04. The Morgan fingerprint density at radius 1 is 1.21 bits per heavy atom. The van der Waals surface area contributed by atoms with Gasteiger partial charge in [0.25, 0.3) is 5.56 Å². The van der Waals surface area contributed by atoms with E-state index in [9.17, 15) is 9.59 Å². The molecular formula is C20H26ClN5O2. The molecule has 2 heterocycles. The average Bonchev–Trinajstić information content (AvgIpc) is 2.71. The van der Waals surface area contributed by atoms with Gasteiger partial charge in [-0.15, -0.1) is 0 Å². The Balaban J connectivity index is 1.64. The molecule has 0 bridgehead atoms. The van der Waals surface area contributed by atoms with Gasteiger partial charge in [-0.1, -0.05) is 36.7 Å². The molecule has 0 aliphatic carbocycles. The topological polar surface area (TPSA) is 70.5 Å². The molecule has 2 aromatic rings. The van der Waals surface area contributed by atoms with Crippen molar-refractivity contribution in [2.24, 2.45) is 0 Å². The molecule has 0 radical (unpaired) electrons. The molecule has 1 N–H and O–H groups in total. The minimum atomic E-state index is -0.333. The molecule has 1 amide bonds. The van der Waals surface area contributed by atoms with Crippen molar-refractivity contribution in [1.82, 2.24) is 20.0 Å². The van der Waals surface area contributed by atoms with E-state index in [1.54, 1.807) is 6.20 Å². The van der Waals surface area contributed by atoms with E-state index >= 15 is 0 Å². The summed E-state index contributed by atoms with van der Waals surface area (Å²) in [6.45, 7) is 7.27. The maximum absolute atomic E-state index is 12.7. The van der Waals surface area contributed by atoms with Crippen molar-refractivity contribution in [3.05, 3.63) is 51.9 Å². The Kier molecular flexibility index (Phi) is 6.70. The number of hydrogen-bond acceptors (Lipinski definition) is 5. The van der Waals surface area contributed by atoms with E-state index in [0.717, 1.165) is 19.5 Å². The number of para-hydroxylation sites is 1. The van der Waals surface area contributed by atoms with Crippen LogP contribution in [0.1, 0.15) is 20.3 Å². The van der Waals surface area contributed by atoms with E-state index in [2.05, 4.69) is 20.2 Å². The summed E-state index contributed by atoms with van der Waals surface area (Å²) in [7, 11) is 0. The van der Waals surface area contributed by atoms with E-state index in [0.29, 0.717) is 31.0 Å². The SMILES string of the molecule is CCC(C)NC(=O)CN1CCN(c2cnn(-c3ccccc3)c(=O)c2Cl)CC1. The number of nitrogens with one attached hydrogen (secondary N) is 1. The van der Waals surface area contributed by atoms with E-state index in [-0.39, 0.29) is 22.5 Å². The van der Waals surface area contributed by atoms with Crippen LogP contribution in [0.5, 0.6) is 0 Å². The van der Waals surface area contributed by atoms with Crippen LogP contribution in [0.3, 0.4) is 0 Å². The van der Waals surface area contributed by atoms with Gasteiger partial charge in [-0.05, 0) is 25.5 Å². The fourth-order valence-corrected chi connectivity index (χ4v) is 3.42. The number of benzene rings is 1. The molecule has 8 heteroatoms. The molecule has 1 saturated heterocycles. The number of hydrogen-bond donors (Lipinski definition) is 1. The summed E-state index contributed by atoms with van der Waals surface area (Å²) in [5.41, 5.74) is 0.987. The van der Waals surface area contributed by atoms with Gasteiger partial charge in [-0.3, -0.25) is 14.5 Å². The van der Waals surface area contributed by atoms with Crippen LogP contribution >= 0.6 is 11.6 Å². The zero-order valence-corrected chi connectivity index (χ0v) is 17.0. The number of amides is 1. The Morgan fingerprint density at radius 3 is 2.54 bits per heavy atom. The van der Waals surface area contributed by atoms with Gasteiger partial charge in [-0.25, -0.2) is 0 Å². The van der Waals surface area contributed by atoms with Crippen molar-refractivity contribution >= 4 is 23.2 Å². The summed E-state index contributed by atoms with van der Waals surface area (Å²) >= 11 is 6.38. The largest absolute Gasteiger partial charge is 0.366 e. The third kappa shape index (κ3) is 4.72. The quantitative estimate of drug-likeness (QED) is 0.798. The normalized spacial score (nSPS) is 16.0. The van der Waals surface area contributed by atoms with Gasteiger partial charge in [0.15, 0.2) is 0 Å². The van der Waals surface area contributed by atoms with Crippen LogP contribution in [0.15, 0.2) is 41.3 Å². The number of aromatic nitrogens is 2. The first kappa shape index (κ1) is 20.4. The number of rotatable bonds is 6. The average molecular weight is 404 g/mol. The standard InChI is InChI=1S/C20H26ClN5O2/c1-3-15(2)23-18(27)14-24-9-11-25(12-10-24)17-13-22-26(20(28)19(17)21)16-7-5-4-6-8-16/h4-8,13,15H,3,9-12,14H2,1-2H3,(H,23,27). The minimum absolute atomic E-state index is 0.0490. The molecular weight excluding hydrogens is 378 g/mol. The van der Waals surface area contributed by atoms with Crippen molar-refractivity contribution in [2.75, 3.05) is 37.6 Å². The third-order valence-electron chi connectivity index (χ3n) is 5.00. The van der Waals surface area contributed by atoms with E-state index in [1.807, 2.05) is 44.2 Å². The zero-order valence-electron chi connectivity index (χ0n) is 16.3. The number of halogens is 1. The van der Waals surface area contributed by atoms with Crippen LogP contribution in [-0.4, -0.2) is 59.4 Å². The van der Waals surface area contributed by atoms with Crippen molar-refractivity contribution in [2.45, 2.75) is 26.3 Å². The van der Waals surface area contributed by atoms with Gasteiger partial charge < -0.3 is 10.2 Å². The fraction of sp³-hybridized carbons (Fsp3) is 0.450. The third-order valence-corrected chi connectivity index (χ3v) is 5.36. The Hall–Kier alpha value is -2.38. The van der Waals surface area contributed by atoms with Gasteiger partial charge in [0.1, 0.15) is 5.02 Å². The molecule has 7 nitrogen and oxygen atoms in total. The summed E-state index contributed by atoms with van der Waals surface area (Å²) in [5, 5.41) is 7.45. The van der Waals surface area contributed by atoms with Gasteiger partial charge in [-0.2, -0.15) is 9.78 Å². The van der Waals surface area contributed by atoms with Crippen molar-refractivity contribution in [3.63, 3.8) is 0 Å². The highest BCUT2D eigenvalue weighted by Gasteiger charge is 2.23. The molecule has 1 fully saturated rings. The smallest absolute Gasteiger partial charge is 0.292 e. The lowest BCUT2D eigenvalue weighted by Crippen LogP contribution is -2.50. The fourth-order valence-electron chi connectivity index (χ4n) is 3.17. The highest BCUT2D eigenvalue weighted by Crippen LogP contribution is 2.23. The number of anilines is 1. The van der Waals surface area contributed by atoms with Crippen LogP contribution in [0.4, 0.5) is 5.69 Å². The second-order valence-corrected chi connectivity index (χ2v) is 7.41. The lowest BCUT2D eigenvalue weighted by atomic mass is 10.2. The molecule has 150 valence electrons. The summed E-state index contributed by atoms with van der Waals surface area (Å²) in [6, 6.07) is 9.40. The summed E-state index contributed by atoms with van der Waals surface area (Å²) in [4.78, 5) is 28.9. The molecule has 0 spiro atoms. The van der Waals surface area contributed by atoms with Crippen LogP contribution < -0.4 is 15.8 Å². The highest BCUT2D eigenvalue weighted by atomic mass is 35.5. The van der Waals surface area contributed by atoms with Crippen molar-refractivity contribution in [3.8, 4) is 5.69 Å². The molecule has 1 aliphatic heterocycles. The Bertz CT molecular complexity index is 863. The number of nitrogens with zero attached hydrogens (tertiary/aromatic N) is 4. The lowest BCUT2D eigenvalue weighted by molar-refractivity contribution is -0.122. The van der Waals surface area contributed by atoms with E-state index in [1.165, 1.54) is 4.68 Å². The predicted octanol–water partition coefficient (Wildman–Crippen LogP) is 1.92. The lowest BCUT2D eigenvalue weighted by Gasteiger charge is -2.35. The van der Waals surface area contributed by atoms with Crippen molar-refractivity contribution < 1.29 is 4.79 Å². The first-order chi connectivity index (χ1) is 13.5. The maximum atomic E-state index is 12.7. The van der Waals surface area contributed by atoms with Gasteiger partial charge >= 0.3 is 0 Å². The van der Waals surface area contributed by atoms with Crippen LogP contribution in [0.2, 0.25) is 5.02 Å². The molecule has 28 heavy (non-hydrogen) atoms. The molecule has 1 unspecified atom stereocenters. The predicted molar refractivity (Wildman–Crippen MR) is 111 cm³/mol. The Morgan fingerprint density at radius 2 is 1.89 bits per heavy atom. The molecule has 0 saturated carbocycles. The van der Waals surface area contributed by atoms with E-state index in [4.69, 9.17) is 11.6 Å². The van der Waals surface area contributed by atoms with Crippen LogP contribution in [0.25, 0.3) is 5.69 Å². The first-order valence-electron chi connectivity index (χ1n) is 9.59. The summed E-state index contributed by atoms with van der Waals surface area (Å²) in [6.07, 6.45) is 2.56. The van der Waals surface area contributed by atoms with Gasteiger partial charge in [0, 0.05) is 32.2 Å². The Labute approximate surface area is 169 Å². The molecule has 1 atom stereocenters. The van der Waals surface area contributed by atoms with Gasteiger partial charge in [0.2, 0.25) is 5.91 Å². The number of carbonyl (C=O) groups is 1. The highest BCUT2D eigenvalue weighted by molar-refractivity contribution is 6.33. The minimum Gasteiger partial charge on any atom is -0.366 e. The first-order valence-corrected chi connectivity index (χ1v) is 9.97. The monoisotopic (exact) mass is 403 g/mol. The van der Waals surface area contributed by atoms with Crippen LogP contribution in [-0.2, 0) is 4.79 Å². The second kappa shape index (κ2) is 9.21. The molecule has 1 aromatic carbocycles. The molecule has 3 rings (SSSR count). The maximum Gasteiger partial charge on any atom is 0.292 e.